The zero-order valence-corrected chi connectivity index (χ0v) is 19.5. The summed E-state index contributed by atoms with van der Waals surface area (Å²) >= 11 is 0. The van der Waals surface area contributed by atoms with E-state index >= 15 is 0 Å². The number of likely N-dealkylation sites (N-methyl/N-ethyl adjacent to an activating group) is 2. The molecular weight excluding hydrogens is 408 g/mol. The molecule has 8 heteroatoms. The minimum atomic E-state index is -0.299. The molecular formula is C24H38N4O4. The molecule has 6 atom stereocenters. The van der Waals surface area contributed by atoms with E-state index in [-0.39, 0.29) is 42.0 Å². The van der Waals surface area contributed by atoms with Crippen molar-refractivity contribution >= 4 is 24.4 Å². The van der Waals surface area contributed by atoms with Gasteiger partial charge in [-0.3, -0.25) is 19.4 Å². The first-order chi connectivity index (χ1) is 15.5. The summed E-state index contributed by atoms with van der Waals surface area (Å²) in [6, 6.07) is -0.415. The number of hydrogen-bond donors (Lipinski definition) is 0. The molecule has 0 radical (unpaired) electrons. The van der Waals surface area contributed by atoms with E-state index < -0.39 is 0 Å². The van der Waals surface area contributed by atoms with Gasteiger partial charge in [-0.2, -0.15) is 0 Å². The summed E-state index contributed by atoms with van der Waals surface area (Å²) in [5.41, 5.74) is 0. The zero-order valence-electron chi connectivity index (χ0n) is 19.5. The summed E-state index contributed by atoms with van der Waals surface area (Å²) in [7, 11) is 4.02. The Kier molecular flexibility index (Phi) is 7.30. The molecule has 0 saturated carbocycles. The van der Waals surface area contributed by atoms with E-state index in [9.17, 15) is 19.2 Å². The number of amides is 2. The molecule has 4 aliphatic rings. The second kappa shape index (κ2) is 10.00. The van der Waals surface area contributed by atoms with Crippen molar-refractivity contribution in [3.8, 4) is 0 Å². The van der Waals surface area contributed by atoms with Gasteiger partial charge in [0.15, 0.2) is 0 Å². The van der Waals surface area contributed by atoms with Gasteiger partial charge in [0, 0.05) is 18.6 Å². The van der Waals surface area contributed by atoms with Crippen molar-refractivity contribution < 1.29 is 19.2 Å². The van der Waals surface area contributed by atoms with E-state index in [1.54, 1.807) is 4.90 Å². The fourth-order valence-electron chi connectivity index (χ4n) is 6.51. The molecule has 4 aliphatic heterocycles. The van der Waals surface area contributed by atoms with E-state index in [4.69, 9.17) is 0 Å². The highest BCUT2D eigenvalue weighted by Crippen LogP contribution is 2.33. The first-order valence-electron chi connectivity index (χ1n) is 12.4. The first-order valence-corrected chi connectivity index (χ1v) is 12.4. The van der Waals surface area contributed by atoms with E-state index in [0.717, 1.165) is 83.3 Å². The number of aldehydes is 2. The quantitative estimate of drug-likeness (QED) is 0.544. The van der Waals surface area contributed by atoms with Gasteiger partial charge in [0.2, 0.25) is 11.8 Å². The third-order valence-corrected chi connectivity index (χ3v) is 8.46. The van der Waals surface area contributed by atoms with Gasteiger partial charge < -0.3 is 19.4 Å². The van der Waals surface area contributed by atoms with Crippen LogP contribution in [0.4, 0.5) is 0 Å². The minimum Gasteiger partial charge on any atom is -0.332 e. The van der Waals surface area contributed by atoms with Crippen molar-refractivity contribution in [3.63, 3.8) is 0 Å². The second-order valence-corrected chi connectivity index (χ2v) is 10.2. The second-order valence-electron chi connectivity index (χ2n) is 10.2. The van der Waals surface area contributed by atoms with Gasteiger partial charge in [-0.05, 0) is 84.8 Å². The molecule has 32 heavy (non-hydrogen) atoms. The Hall–Kier alpha value is -1.80. The number of nitrogens with zero attached hydrogens (tertiary/aromatic N) is 4. The van der Waals surface area contributed by atoms with Crippen molar-refractivity contribution in [2.75, 3.05) is 27.2 Å². The van der Waals surface area contributed by atoms with E-state index in [1.807, 2.05) is 19.0 Å². The number of carbonyl (C=O) groups is 4. The van der Waals surface area contributed by atoms with Crippen molar-refractivity contribution in [2.45, 2.75) is 100 Å². The molecule has 0 aromatic carbocycles. The van der Waals surface area contributed by atoms with E-state index in [0.29, 0.717) is 12.6 Å². The molecule has 0 aromatic heterocycles. The van der Waals surface area contributed by atoms with Crippen LogP contribution in [0.1, 0.15) is 64.2 Å². The lowest BCUT2D eigenvalue weighted by molar-refractivity contribution is -0.140. The van der Waals surface area contributed by atoms with Crippen LogP contribution in [-0.4, -0.2) is 107 Å². The van der Waals surface area contributed by atoms with Crippen LogP contribution in [0.3, 0.4) is 0 Å². The van der Waals surface area contributed by atoms with Crippen LogP contribution in [0.15, 0.2) is 0 Å². The van der Waals surface area contributed by atoms with Gasteiger partial charge in [0.05, 0.1) is 24.2 Å². The van der Waals surface area contributed by atoms with Crippen LogP contribution >= 0.6 is 0 Å². The monoisotopic (exact) mass is 446 g/mol. The van der Waals surface area contributed by atoms with Crippen molar-refractivity contribution in [2.24, 2.45) is 0 Å². The maximum atomic E-state index is 13.3. The van der Waals surface area contributed by atoms with Crippen LogP contribution in [0.5, 0.6) is 0 Å². The average molecular weight is 447 g/mol. The summed E-state index contributed by atoms with van der Waals surface area (Å²) < 4.78 is 0. The lowest BCUT2D eigenvalue weighted by atomic mass is 10.0. The van der Waals surface area contributed by atoms with Crippen LogP contribution in [0.2, 0.25) is 0 Å². The molecule has 4 heterocycles. The number of carbonyl (C=O) groups excluding carboxylic acids is 4. The topological polar surface area (TPSA) is 81.2 Å². The Labute approximate surface area is 191 Å². The molecule has 0 spiro atoms. The molecule has 178 valence electrons. The molecule has 0 N–H and O–H groups in total. The first kappa shape index (κ1) is 23.4. The lowest BCUT2D eigenvalue weighted by Crippen LogP contribution is -2.50. The number of hydrogen-bond acceptors (Lipinski definition) is 6. The van der Waals surface area contributed by atoms with Gasteiger partial charge in [-0.1, -0.05) is 0 Å². The molecule has 8 nitrogen and oxygen atoms in total. The third kappa shape index (κ3) is 4.36. The Bertz CT molecular complexity index is 731. The highest BCUT2D eigenvalue weighted by atomic mass is 16.2. The summed E-state index contributed by atoms with van der Waals surface area (Å²) in [6.45, 7) is 1.62. The molecule has 0 aromatic rings. The van der Waals surface area contributed by atoms with E-state index in [1.165, 1.54) is 0 Å². The average Bonchev–Trinajstić information content (AvgIpc) is 3.57. The van der Waals surface area contributed by atoms with Crippen LogP contribution in [0, 0.1) is 0 Å². The van der Waals surface area contributed by atoms with E-state index in [2.05, 4.69) is 9.80 Å². The predicted octanol–water partition coefficient (Wildman–Crippen LogP) is 1.07. The molecule has 6 unspecified atom stereocenters. The van der Waals surface area contributed by atoms with Gasteiger partial charge in [-0.15, -0.1) is 0 Å². The molecule has 0 bridgehead atoms. The molecule has 4 rings (SSSR count). The Morgan fingerprint density at radius 2 is 1.44 bits per heavy atom. The highest BCUT2D eigenvalue weighted by Gasteiger charge is 2.43. The Balaban J connectivity index is 1.35. The fraction of sp³-hybridized carbons (Fsp3) is 0.833. The Morgan fingerprint density at radius 1 is 0.750 bits per heavy atom. The molecule has 4 fully saturated rings. The number of likely N-dealkylation sites (tertiary alicyclic amines) is 4. The largest absolute Gasteiger partial charge is 0.332 e. The minimum absolute atomic E-state index is 0.0903. The number of rotatable bonds is 7. The standard InChI is InChI=1S/C24H38N4O4/c1-25-13-4-6-21(25)24(32)28-18(9-10-20(28)16-30)8-7-17-11-12-22(26(17)2)23(31)27-14-3-5-19(27)15-29/h15-22H,3-14H2,1-2H3. The summed E-state index contributed by atoms with van der Waals surface area (Å²) in [4.78, 5) is 57.3. The predicted molar refractivity (Wildman–Crippen MR) is 120 cm³/mol. The zero-order chi connectivity index (χ0) is 22.8. The SMILES string of the molecule is CN1CCCC1C(=O)N1C(C=O)CCC1CCC1CCC(C(=O)N2CCCC2C=O)N1C. The Morgan fingerprint density at radius 3 is 2.12 bits per heavy atom. The maximum Gasteiger partial charge on any atom is 0.240 e. The third-order valence-electron chi connectivity index (χ3n) is 8.46. The van der Waals surface area contributed by atoms with Crippen molar-refractivity contribution in [3.05, 3.63) is 0 Å². The summed E-state index contributed by atoms with van der Waals surface area (Å²) in [6.07, 6.45) is 10.6. The van der Waals surface area contributed by atoms with Crippen LogP contribution < -0.4 is 0 Å². The highest BCUT2D eigenvalue weighted by molar-refractivity contribution is 5.86. The smallest absolute Gasteiger partial charge is 0.240 e. The maximum absolute atomic E-state index is 13.3. The van der Waals surface area contributed by atoms with Crippen molar-refractivity contribution in [1.82, 2.24) is 19.6 Å². The molecule has 0 aliphatic carbocycles. The molecule has 2 amide bonds. The van der Waals surface area contributed by atoms with Gasteiger partial charge in [0.1, 0.15) is 12.6 Å². The summed E-state index contributed by atoms with van der Waals surface area (Å²) in [5, 5.41) is 0. The van der Waals surface area contributed by atoms with Crippen molar-refractivity contribution in [1.29, 1.82) is 0 Å². The van der Waals surface area contributed by atoms with Crippen LogP contribution in [-0.2, 0) is 19.2 Å². The van der Waals surface area contributed by atoms with Gasteiger partial charge >= 0.3 is 0 Å². The van der Waals surface area contributed by atoms with Gasteiger partial charge in [0.25, 0.3) is 0 Å². The normalized spacial score (nSPS) is 36.2. The van der Waals surface area contributed by atoms with Gasteiger partial charge in [-0.25, -0.2) is 0 Å². The lowest BCUT2D eigenvalue weighted by Gasteiger charge is -2.34. The summed E-state index contributed by atoms with van der Waals surface area (Å²) in [5.74, 6) is 0.207. The molecule has 4 saturated heterocycles. The fourth-order valence-corrected chi connectivity index (χ4v) is 6.51. The van der Waals surface area contributed by atoms with Crippen LogP contribution in [0.25, 0.3) is 0 Å².